The largest absolute Gasteiger partial charge is 0.454 e. The molecule has 5 nitrogen and oxygen atoms in total. The number of rotatable bonds is 6. The van der Waals surface area contributed by atoms with Crippen LogP contribution >= 0.6 is 15.9 Å². The van der Waals surface area contributed by atoms with Crippen molar-refractivity contribution in [3.63, 3.8) is 0 Å². The number of carbonyl (C=O) groups excluding carboxylic acids is 1. The van der Waals surface area contributed by atoms with Crippen LogP contribution in [0.15, 0.2) is 40.9 Å². The highest BCUT2D eigenvalue weighted by atomic mass is 79.9. The van der Waals surface area contributed by atoms with Gasteiger partial charge in [-0.1, -0.05) is 28.1 Å². The molecule has 1 amide bonds. The maximum atomic E-state index is 13.8. The van der Waals surface area contributed by atoms with Crippen LogP contribution in [0.4, 0.5) is 4.39 Å². The van der Waals surface area contributed by atoms with E-state index < -0.39 is 0 Å². The highest BCUT2D eigenvalue weighted by molar-refractivity contribution is 9.10. The second-order valence-corrected chi connectivity index (χ2v) is 6.79. The lowest BCUT2D eigenvalue weighted by Crippen LogP contribution is -2.34. The van der Waals surface area contributed by atoms with Crippen molar-refractivity contribution in [2.24, 2.45) is 0 Å². The topological polar surface area (TPSA) is 50.8 Å². The first-order chi connectivity index (χ1) is 12.0. The predicted octanol–water partition coefficient (Wildman–Crippen LogP) is 3.07. The first-order valence-corrected chi connectivity index (χ1v) is 8.58. The van der Waals surface area contributed by atoms with Gasteiger partial charge in [-0.2, -0.15) is 0 Å². The second-order valence-electron chi connectivity index (χ2n) is 5.87. The van der Waals surface area contributed by atoms with E-state index in [0.29, 0.717) is 34.6 Å². The van der Waals surface area contributed by atoms with Gasteiger partial charge in [-0.15, -0.1) is 0 Å². The molecule has 0 bridgehead atoms. The predicted molar refractivity (Wildman–Crippen MR) is 94.8 cm³/mol. The van der Waals surface area contributed by atoms with Gasteiger partial charge in [0.05, 0.1) is 6.54 Å². The van der Waals surface area contributed by atoms with Crippen LogP contribution in [0.5, 0.6) is 11.5 Å². The lowest BCUT2D eigenvalue weighted by molar-refractivity contribution is -0.122. The third kappa shape index (κ3) is 4.70. The average molecular weight is 409 g/mol. The minimum absolute atomic E-state index is 0.127. The zero-order chi connectivity index (χ0) is 17.8. The van der Waals surface area contributed by atoms with Gasteiger partial charge in [0.25, 0.3) is 0 Å². The third-order valence-corrected chi connectivity index (χ3v) is 4.29. The molecule has 3 rings (SSSR count). The number of amides is 1. The van der Waals surface area contributed by atoms with Crippen LogP contribution < -0.4 is 14.8 Å². The van der Waals surface area contributed by atoms with E-state index in [9.17, 15) is 9.18 Å². The molecule has 2 aromatic carbocycles. The molecule has 0 atom stereocenters. The van der Waals surface area contributed by atoms with Gasteiger partial charge in [0.1, 0.15) is 5.82 Å². The summed E-state index contributed by atoms with van der Waals surface area (Å²) in [5, 5.41) is 2.85. The van der Waals surface area contributed by atoms with Crippen LogP contribution in [-0.2, 0) is 17.9 Å². The van der Waals surface area contributed by atoms with Gasteiger partial charge in [-0.25, -0.2) is 4.39 Å². The summed E-state index contributed by atoms with van der Waals surface area (Å²) in [6.07, 6.45) is 0. The average Bonchev–Trinajstić information content (AvgIpc) is 3.03. The van der Waals surface area contributed by atoms with Gasteiger partial charge in [-0.05, 0) is 36.9 Å². The summed E-state index contributed by atoms with van der Waals surface area (Å²) < 4.78 is 25.1. The first kappa shape index (κ1) is 17.7. The van der Waals surface area contributed by atoms with Crippen LogP contribution in [0.1, 0.15) is 11.1 Å². The van der Waals surface area contributed by atoms with Crippen molar-refractivity contribution in [2.75, 3.05) is 20.4 Å². The van der Waals surface area contributed by atoms with E-state index in [1.165, 1.54) is 6.07 Å². The highest BCUT2D eigenvalue weighted by Gasteiger charge is 2.14. The van der Waals surface area contributed by atoms with E-state index in [4.69, 9.17) is 9.47 Å². The molecule has 0 radical (unpaired) electrons. The van der Waals surface area contributed by atoms with Crippen molar-refractivity contribution in [1.29, 1.82) is 0 Å². The van der Waals surface area contributed by atoms with Crippen LogP contribution in [-0.4, -0.2) is 31.2 Å². The van der Waals surface area contributed by atoms with Crippen molar-refractivity contribution >= 4 is 21.8 Å². The quantitative estimate of drug-likeness (QED) is 0.797. The monoisotopic (exact) mass is 408 g/mol. The van der Waals surface area contributed by atoms with Crippen LogP contribution in [0.3, 0.4) is 0 Å². The number of nitrogens with zero attached hydrogens (tertiary/aromatic N) is 1. The van der Waals surface area contributed by atoms with Gasteiger partial charge >= 0.3 is 0 Å². The van der Waals surface area contributed by atoms with E-state index in [1.807, 2.05) is 18.2 Å². The molecule has 0 saturated carbocycles. The normalized spacial score (nSPS) is 12.5. The Morgan fingerprint density at radius 3 is 2.84 bits per heavy atom. The molecule has 1 N–H and O–H groups in total. The summed E-state index contributed by atoms with van der Waals surface area (Å²) in [4.78, 5) is 13.8. The maximum absolute atomic E-state index is 13.8. The number of hydrogen-bond donors (Lipinski definition) is 1. The molecule has 0 aromatic heterocycles. The van der Waals surface area contributed by atoms with Gasteiger partial charge in [0.2, 0.25) is 12.7 Å². The fourth-order valence-corrected chi connectivity index (χ4v) is 2.88. The van der Waals surface area contributed by atoms with Crippen molar-refractivity contribution in [2.45, 2.75) is 13.1 Å². The number of hydrogen-bond acceptors (Lipinski definition) is 4. The smallest absolute Gasteiger partial charge is 0.234 e. The van der Waals surface area contributed by atoms with Gasteiger partial charge in [0.15, 0.2) is 11.5 Å². The van der Waals surface area contributed by atoms with Gasteiger partial charge in [0, 0.05) is 23.1 Å². The van der Waals surface area contributed by atoms with Gasteiger partial charge in [-0.3, -0.25) is 9.69 Å². The Labute approximate surface area is 153 Å². The third-order valence-electron chi connectivity index (χ3n) is 3.80. The molecule has 2 aromatic rings. The summed E-state index contributed by atoms with van der Waals surface area (Å²) in [6.45, 7) is 1.16. The summed E-state index contributed by atoms with van der Waals surface area (Å²) in [5.74, 6) is 0.987. The standard InChI is InChI=1S/C18H18BrFN2O3/c1-22(9-13-3-4-14(19)7-15(13)20)10-18(23)21-8-12-2-5-16-17(6-12)25-11-24-16/h2-7H,8-11H2,1H3,(H,21,23). The molecule has 0 aliphatic carbocycles. The van der Waals surface area contributed by atoms with E-state index in [2.05, 4.69) is 21.2 Å². The number of benzene rings is 2. The number of fused-ring (bicyclic) bond motifs is 1. The van der Waals surface area contributed by atoms with E-state index in [1.54, 1.807) is 24.1 Å². The Balaban J connectivity index is 1.48. The Morgan fingerprint density at radius 1 is 1.24 bits per heavy atom. The zero-order valence-corrected chi connectivity index (χ0v) is 15.3. The SMILES string of the molecule is CN(CC(=O)NCc1ccc2c(c1)OCO2)Cc1ccc(Br)cc1F. The zero-order valence-electron chi connectivity index (χ0n) is 13.7. The van der Waals surface area contributed by atoms with Crippen LogP contribution in [0.25, 0.3) is 0 Å². The number of nitrogens with one attached hydrogen (secondary N) is 1. The summed E-state index contributed by atoms with van der Waals surface area (Å²) >= 11 is 3.23. The molecule has 1 aliphatic rings. The molecule has 1 heterocycles. The Bertz CT molecular complexity index is 785. The van der Waals surface area contributed by atoms with E-state index in [0.717, 1.165) is 5.56 Å². The molecule has 7 heteroatoms. The molecule has 1 aliphatic heterocycles. The van der Waals surface area contributed by atoms with Crippen LogP contribution in [0, 0.1) is 5.82 Å². The maximum Gasteiger partial charge on any atom is 0.234 e. The number of carbonyl (C=O) groups is 1. The van der Waals surface area contributed by atoms with E-state index in [-0.39, 0.29) is 25.1 Å². The Kier molecular flexibility index (Phi) is 5.55. The highest BCUT2D eigenvalue weighted by Crippen LogP contribution is 2.32. The number of ether oxygens (including phenoxy) is 2. The fraction of sp³-hybridized carbons (Fsp3) is 0.278. The summed E-state index contributed by atoms with van der Waals surface area (Å²) in [5.41, 5.74) is 1.48. The number of halogens is 2. The molecular weight excluding hydrogens is 391 g/mol. The molecule has 132 valence electrons. The summed E-state index contributed by atoms with van der Waals surface area (Å²) in [7, 11) is 1.78. The van der Waals surface area contributed by atoms with Crippen LogP contribution in [0.2, 0.25) is 0 Å². The van der Waals surface area contributed by atoms with Crippen molar-refractivity contribution in [3.8, 4) is 11.5 Å². The Hall–Kier alpha value is -2.12. The lowest BCUT2D eigenvalue weighted by atomic mass is 10.2. The van der Waals surface area contributed by atoms with Crippen molar-refractivity contribution in [1.82, 2.24) is 10.2 Å². The summed E-state index contributed by atoms with van der Waals surface area (Å²) in [6, 6.07) is 10.5. The molecule has 0 fully saturated rings. The minimum Gasteiger partial charge on any atom is -0.454 e. The molecule has 0 spiro atoms. The van der Waals surface area contributed by atoms with Gasteiger partial charge < -0.3 is 14.8 Å². The molecule has 25 heavy (non-hydrogen) atoms. The van der Waals surface area contributed by atoms with Crippen molar-refractivity contribution in [3.05, 3.63) is 57.8 Å². The second kappa shape index (κ2) is 7.84. The minimum atomic E-state index is -0.290. The molecule has 0 saturated heterocycles. The van der Waals surface area contributed by atoms with E-state index >= 15 is 0 Å². The molecular formula is C18H18BrFN2O3. The fourth-order valence-electron chi connectivity index (χ4n) is 2.55. The molecule has 0 unspecified atom stereocenters. The lowest BCUT2D eigenvalue weighted by Gasteiger charge is -2.17. The number of likely N-dealkylation sites (N-methyl/N-ethyl adjacent to an activating group) is 1. The first-order valence-electron chi connectivity index (χ1n) is 7.79. The van der Waals surface area contributed by atoms with Crippen molar-refractivity contribution < 1.29 is 18.7 Å². The Morgan fingerprint density at radius 2 is 2.04 bits per heavy atom.